The van der Waals surface area contributed by atoms with Gasteiger partial charge in [-0.3, -0.25) is 4.90 Å². The molecular weight excluding hydrogens is 399 g/mol. The minimum atomic E-state index is -0.287. The van der Waals surface area contributed by atoms with Gasteiger partial charge in [-0.15, -0.1) is 0 Å². The molecule has 0 aliphatic carbocycles. The molecule has 0 radical (unpaired) electrons. The van der Waals surface area contributed by atoms with Gasteiger partial charge < -0.3 is 4.74 Å². The Balaban J connectivity index is 1.89. The number of fused-ring (bicyclic) bond motifs is 5. The first-order valence-electron chi connectivity index (χ1n) is 10.7. The molecule has 2 heterocycles. The van der Waals surface area contributed by atoms with Crippen molar-refractivity contribution in [3.8, 4) is 28.0 Å². The van der Waals surface area contributed by atoms with Crippen LogP contribution in [0.4, 0.5) is 21.6 Å². The molecule has 5 rings (SSSR count). The summed E-state index contributed by atoms with van der Waals surface area (Å²) in [7, 11) is 1.66. The first kappa shape index (κ1) is 20.3. The number of methoxy groups -OCH3 is 1. The highest BCUT2D eigenvalue weighted by atomic mass is 19.1. The summed E-state index contributed by atoms with van der Waals surface area (Å²) in [4.78, 5) is 6.77. The van der Waals surface area contributed by atoms with Crippen LogP contribution < -0.4 is 9.64 Å². The van der Waals surface area contributed by atoms with Gasteiger partial charge >= 0.3 is 0 Å². The Hall–Kier alpha value is -3.66. The monoisotopic (exact) mass is 424 g/mol. The lowest BCUT2D eigenvalue weighted by molar-refractivity contribution is 0.415. The van der Waals surface area contributed by atoms with E-state index in [-0.39, 0.29) is 11.2 Å². The zero-order chi connectivity index (χ0) is 22.5. The second-order valence-corrected chi connectivity index (χ2v) is 9.08. The maximum atomic E-state index is 14.6. The molecule has 32 heavy (non-hydrogen) atoms. The van der Waals surface area contributed by atoms with Crippen LogP contribution >= 0.6 is 0 Å². The van der Waals surface area contributed by atoms with Gasteiger partial charge in [-0.2, -0.15) is 0 Å². The van der Waals surface area contributed by atoms with E-state index in [4.69, 9.17) is 9.72 Å². The van der Waals surface area contributed by atoms with Gasteiger partial charge in [0.15, 0.2) is 0 Å². The van der Waals surface area contributed by atoms with Gasteiger partial charge in [0.1, 0.15) is 17.4 Å². The first-order chi connectivity index (χ1) is 15.4. The smallest absolute Gasteiger partial charge is 0.137 e. The van der Waals surface area contributed by atoms with E-state index in [0.717, 1.165) is 50.8 Å². The fourth-order valence-electron chi connectivity index (χ4n) is 4.31. The number of anilines is 3. The van der Waals surface area contributed by atoms with E-state index in [2.05, 4.69) is 45.0 Å². The molecule has 0 spiro atoms. The summed E-state index contributed by atoms with van der Waals surface area (Å²) < 4.78 is 20.2. The normalized spacial score (nSPS) is 12.5. The highest BCUT2D eigenvalue weighted by Crippen LogP contribution is 2.51. The van der Waals surface area contributed by atoms with Crippen LogP contribution in [0, 0.1) is 5.82 Å². The van der Waals surface area contributed by atoms with Crippen LogP contribution in [-0.4, -0.2) is 12.1 Å². The molecule has 1 aromatic heterocycles. The molecule has 3 nitrogen and oxygen atoms in total. The third-order valence-electron chi connectivity index (χ3n) is 5.99. The van der Waals surface area contributed by atoms with Crippen LogP contribution in [0.3, 0.4) is 0 Å². The predicted octanol–water partition coefficient (Wildman–Crippen LogP) is 7.64. The number of pyridine rings is 1. The van der Waals surface area contributed by atoms with Crippen molar-refractivity contribution < 1.29 is 9.13 Å². The molecule has 0 fully saturated rings. The topological polar surface area (TPSA) is 25.4 Å². The van der Waals surface area contributed by atoms with Gasteiger partial charge in [0, 0.05) is 23.4 Å². The second-order valence-electron chi connectivity index (χ2n) is 9.08. The molecule has 0 saturated heterocycles. The second kappa shape index (κ2) is 7.49. The number of aromatic nitrogens is 1. The van der Waals surface area contributed by atoms with E-state index < -0.39 is 0 Å². The van der Waals surface area contributed by atoms with Crippen LogP contribution in [0.2, 0.25) is 0 Å². The summed E-state index contributed by atoms with van der Waals surface area (Å²) >= 11 is 0. The zero-order valence-electron chi connectivity index (χ0n) is 18.7. The molecule has 0 N–H and O–H groups in total. The Labute approximate surface area is 188 Å². The average Bonchev–Trinajstić information content (AvgIpc) is 2.90. The summed E-state index contributed by atoms with van der Waals surface area (Å²) in [6.45, 7) is 6.53. The number of rotatable bonds is 2. The van der Waals surface area contributed by atoms with Crippen LogP contribution in [-0.2, 0) is 5.41 Å². The largest absolute Gasteiger partial charge is 0.497 e. The van der Waals surface area contributed by atoms with Gasteiger partial charge in [-0.25, -0.2) is 9.37 Å². The van der Waals surface area contributed by atoms with E-state index in [1.54, 1.807) is 13.2 Å². The first-order valence-corrected chi connectivity index (χ1v) is 10.7. The standard InChI is InChI=1S/C28H25FN2O/c1-28(2,3)18-13-14-30-27(15-18)31-25-16-19(29)9-11-23(25)21-7-5-6-8-22(21)24-12-10-20(32-4)17-26(24)31/h5-17H,1-4H3. The molecule has 160 valence electrons. The highest BCUT2D eigenvalue weighted by Gasteiger charge is 2.28. The van der Waals surface area contributed by atoms with Crippen molar-refractivity contribution in [3.05, 3.63) is 90.4 Å². The van der Waals surface area contributed by atoms with E-state index in [1.807, 2.05) is 47.5 Å². The Kier molecular flexibility index (Phi) is 4.74. The van der Waals surface area contributed by atoms with Crippen molar-refractivity contribution in [2.24, 2.45) is 0 Å². The summed E-state index contributed by atoms with van der Waals surface area (Å²) in [6, 6.07) is 23.4. The van der Waals surface area contributed by atoms with Crippen molar-refractivity contribution in [2.75, 3.05) is 12.0 Å². The van der Waals surface area contributed by atoms with Crippen LogP contribution in [0.15, 0.2) is 79.0 Å². The molecule has 4 aromatic rings. The fourth-order valence-corrected chi connectivity index (χ4v) is 4.31. The Morgan fingerprint density at radius 1 is 0.781 bits per heavy atom. The molecule has 1 aliphatic heterocycles. The summed E-state index contributed by atoms with van der Waals surface area (Å²) in [5.41, 5.74) is 6.92. The number of nitrogens with zero attached hydrogens (tertiary/aromatic N) is 2. The molecular formula is C28H25FN2O. The van der Waals surface area contributed by atoms with E-state index in [1.165, 1.54) is 6.07 Å². The van der Waals surface area contributed by atoms with Crippen molar-refractivity contribution in [2.45, 2.75) is 26.2 Å². The molecule has 4 heteroatoms. The molecule has 0 amide bonds. The lowest BCUT2D eigenvalue weighted by atomic mass is 9.87. The van der Waals surface area contributed by atoms with Crippen molar-refractivity contribution in [3.63, 3.8) is 0 Å². The lowest BCUT2D eigenvalue weighted by Crippen LogP contribution is -2.16. The molecule has 0 atom stereocenters. The molecule has 0 unspecified atom stereocenters. The number of halogens is 1. The highest BCUT2D eigenvalue weighted by molar-refractivity contribution is 6.02. The Morgan fingerprint density at radius 2 is 1.44 bits per heavy atom. The molecule has 3 aromatic carbocycles. The molecule has 0 bridgehead atoms. The number of ether oxygens (including phenoxy) is 1. The summed E-state index contributed by atoms with van der Waals surface area (Å²) in [6.07, 6.45) is 1.83. The van der Waals surface area contributed by atoms with Crippen molar-refractivity contribution >= 4 is 17.2 Å². The van der Waals surface area contributed by atoms with Crippen LogP contribution in [0.1, 0.15) is 26.3 Å². The van der Waals surface area contributed by atoms with Gasteiger partial charge in [0.25, 0.3) is 0 Å². The van der Waals surface area contributed by atoms with E-state index >= 15 is 0 Å². The maximum Gasteiger partial charge on any atom is 0.137 e. The Morgan fingerprint density at radius 3 is 2.09 bits per heavy atom. The average molecular weight is 425 g/mol. The number of hydrogen-bond donors (Lipinski definition) is 0. The Bertz CT molecular complexity index is 1320. The zero-order valence-corrected chi connectivity index (χ0v) is 18.7. The van der Waals surface area contributed by atoms with Gasteiger partial charge in [0.05, 0.1) is 18.5 Å². The van der Waals surface area contributed by atoms with E-state index in [9.17, 15) is 4.39 Å². The third-order valence-corrected chi connectivity index (χ3v) is 5.99. The van der Waals surface area contributed by atoms with Crippen molar-refractivity contribution in [1.29, 1.82) is 0 Å². The lowest BCUT2D eigenvalue weighted by Gasteiger charge is -2.28. The third kappa shape index (κ3) is 3.32. The van der Waals surface area contributed by atoms with Crippen LogP contribution in [0.25, 0.3) is 22.3 Å². The number of benzene rings is 3. The maximum absolute atomic E-state index is 14.6. The van der Waals surface area contributed by atoms with Crippen molar-refractivity contribution in [1.82, 2.24) is 4.98 Å². The van der Waals surface area contributed by atoms with Crippen LogP contribution in [0.5, 0.6) is 5.75 Å². The SMILES string of the molecule is COc1ccc2c(c1)N(c1cc(C(C)(C)C)ccn1)c1cc(F)ccc1-c1ccccc1-2. The van der Waals surface area contributed by atoms with Gasteiger partial charge in [-0.05, 0) is 64.6 Å². The minimum Gasteiger partial charge on any atom is -0.497 e. The van der Waals surface area contributed by atoms with E-state index in [0.29, 0.717) is 0 Å². The quantitative estimate of drug-likeness (QED) is 0.291. The predicted molar refractivity (Wildman–Crippen MR) is 129 cm³/mol. The summed E-state index contributed by atoms with van der Waals surface area (Å²) in [5, 5.41) is 0. The van der Waals surface area contributed by atoms with Gasteiger partial charge in [0.2, 0.25) is 0 Å². The van der Waals surface area contributed by atoms with Gasteiger partial charge in [-0.1, -0.05) is 45.0 Å². The fraction of sp³-hybridized carbons (Fsp3) is 0.179. The summed E-state index contributed by atoms with van der Waals surface area (Å²) in [5.74, 6) is 1.19. The molecule has 0 saturated carbocycles. The molecule has 1 aliphatic rings. The minimum absolute atomic E-state index is 0.0471. The number of hydrogen-bond acceptors (Lipinski definition) is 3.